The number of hydrogen-bond donors (Lipinski definition) is 0. The molecule has 14 heavy (non-hydrogen) atoms. The third-order valence-corrected chi connectivity index (χ3v) is 3.83. The molecule has 0 aliphatic carbocycles. The predicted octanol–water partition coefficient (Wildman–Crippen LogP) is 2.73. The van der Waals surface area contributed by atoms with Gasteiger partial charge in [-0.15, -0.1) is 0 Å². The summed E-state index contributed by atoms with van der Waals surface area (Å²) in [6.07, 6.45) is 4.11. The average Bonchev–Trinajstić information content (AvgIpc) is 2.43. The molecule has 0 aromatic carbocycles. The van der Waals surface area contributed by atoms with Crippen LogP contribution in [0.1, 0.15) is 40.0 Å². The van der Waals surface area contributed by atoms with E-state index in [0.717, 1.165) is 11.8 Å². The van der Waals surface area contributed by atoms with Crippen LogP contribution in [-0.4, -0.2) is 36.6 Å². The molecule has 0 aromatic heterocycles. The van der Waals surface area contributed by atoms with Crippen LogP contribution < -0.4 is 0 Å². The largest absolute Gasteiger partial charge is 0.870 e. The zero-order valence-electron chi connectivity index (χ0n) is 10.3. The predicted molar refractivity (Wildman–Crippen MR) is 60.6 cm³/mol. The van der Waals surface area contributed by atoms with E-state index in [1.54, 1.807) is 0 Å². The SMILES string of the molecule is CCC[N+]1(C)C[C@@H](CC)[C@H](CC)C1.[OH-]. The minimum Gasteiger partial charge on any atom is -0.870 e. The lowest BCUT2D eigenvalue weighted by atomic mass is 9.92. The fourth-order valence-electron chi connectivity index (χ4n) is 3.15. The van der Waals surface area contributed by atoms with Crippen molar-refractivity contribution in [3.8, 4) is 0 Å². The maximum Gasteiger partial charge on any atom is 0.0818 e. The molecule has 2 nitrogen and oxygen atoms in total. The molecule has 0 unspecified atom stereocenters. The van der Waals surface area contributed by atoms with Crippen molar-refractivity contribution in [1.29, 1.82) is 0 Å². The van der Waals surface area contributed by atoms with Crippen molar-refractivity contribution in [3.05, 3.63) is 0 Å². The van der Waals surface area contributed by atoms with Crippen molar-refractivity contribution in [3.63, 3.8) is 0 Å². The van der Waals surface area contributed by atoms with E-state index in [0.29, 0.717) is 0 Å². The van der Waals surface area contributed by atoms with E-state index in [4.69, 9.17) is 0 Å². The molecule has 1 fully saturated rings. The highest BCUT2D eigenvalue weighted by molar-refractivity contribution is 4.74. The average molecular weight is 201 g/mol. The number of nitrogens with zero attached hydrogens (tertiary/aromatic N) is 1. The Morgan fingerprint density at radius 2 is 1.43 bits per heavy atom. The Kier molecular flexibility index (Phi) is 5.68. The molecule has 0 radical (unpaired) electrons. The van der Waals surface area contributed by atoms with Crippen LogP contribution in [-0.2, 0) is 0 Å². The molecule has 2 heteroatoms. The standard InChI is InChI=1S/C12H26N.H2O/c1-5-8-13(4)9-11(6-2)12(7-3)10-13;/h11-12H,5-10H2,1-4H3;1H2/q+1;/p-1/t11-,12-;/m1./s1. The number of likely N-dealkylation sites (tertiary alicyclic amines) is 1. The van der Waals surface area contributed by atoms with Gasteiger partial charge in [0.15, 0.2) is 0 Å². The van der Waals surface area contributed by atoms with Crippen molar-refractivity contribution in [2.24, 2.45) is 11.8 Å². The van der Waals surface area contributed by atoms with Crippen LogP contribution in [0.25, 0.3) is 0 Å². The summed E-state index contributed by atoms with van der Waals surface area (Å²) in [6, 6.07) is 0. The van der Waals surface area contributed by atoms with Crippen molar-refractivity contribution in [1.82, 2.24) is 0 Å². The van der Waals surface area contributed by atoms with Crippen LogP contribution in [0.5, 0.6) is 0 Å². The summed E-state index contributed by atoms with van der Waals surface area (Å²) in [7, 11) is 2.45. The summed E-state index contributed by atoms with van der Waals surface area (Å²) >= 11 is 0. The van der Waals surface area contributed by atoms with Crippen LogP contribution in [0.2, 0.25) is 0 Å². The Morgan fingerprint density at radius 3 is 1.71 bits per heavy atom. The Labute approximate surface area is 89.2 Å². The minimum atomic E-state index is 0. The number of quaternary nitrogens is 1. The van der Waals surface area contributed by atoms with Crippen molar-refractivity contribution in [2.75, 3.05) is 26.7 Å². The van der Waals surface area contributed by atoms with Crippen molar-refractivity contribution in [2.45, 2.75) is 40.0 Å². The van der Waals surface area contributed by atoms with Gasteiger partial charge in [0.1, 0.15) is 0 Å². The van der Waals surface area contributed by atoms with Gasteiger partial charge in [-0.25, -0.2) is 0 Å². The first-order valence-corrected chi connectivity index (χ1v) is 5.98. The highest BCUT2D eigenvalue weighted by Crippen LogP contribution is 2.32. The lowest BCUT2D eigenvalue weighted by molar-refractivity contribution is -0.900. The molecule has 1 heterocycles. The molecule has 0 amide bonds. The Morgan fingerprint density at radius 1 is 1.00 bits per heavy atom. The second kappa shape index (κ2) is 5.72. The van der Waals surface area contributed by atoms with Crippen LogP contribution >= 0.6 is 0 Å². The first-order valence-electron chi connectivity index (χ1n) is 5.98. The third-order valence-electron chi connectivity index (χ3n) is 3.83. The molecular weight excluding hydrogens is 174 g/mol. The summed E-state index contributed by atoms with van der Waals surface area (Å²) in [5, 5.41) is 0. The van der Waals surface area contributed by atoms with Gasteiger partial charge in [0.25, 0.3) is 0 Å². The molecule has 1 aliphatic heterocycles. The first-order chi connectivity index (χ1) is 6.15. The zero-order chi connectivity index (χ0) is 9.90. The highest BCUT2D eigenvalue weighted by Gasteiger charge is 2.39. The molecular formula is C12H27NO. The summed E-state index contributed by atoms with van der Waals surface area (Å²) in [5.41, 5.74) is 0. The summed E-state index contributed by atoms with van der Waals surface area (Å²) in [6.45, 7) is 11.3. The lowest BCUT2D eigenvalue weighted by Crippen LogP contribution is -2.42. The Hall–Kier alpha value is -0.0800. The van der Waals surface area contributed by atoms with Gasteiger partial charge in [0, 0.05) is 11.8 Å². The highest BCUT2D eigenvalue weighted by atomic mass is 16.0. The maximum absolute atomic E-state index is 2.45. The number of hydrogen-bond acceptors (Lipinski definition) is 1. The number of rotatable bonds is 4. The molecule has 1 aliphatic rings. The van der Waals surface area contributed by atoms with E-state index in [1.807, 2.05) is 0 Å². The first kappa shape index (κ1) is 13.9. The second-order valence-electron chi connectivity index (χ2n) is 5.04. The molecule has 0 spiro atoms. The normalized spacial score (nSPS) is 30.0. The summed E-state index contributed by atoms with van der Waals surface area (Å²) < 4.78 is 1.34. The van der Waals surface area contributed by atoms with Gasteiger partial charge in [-0.2, -0.15) is 0 Å². The molecule has 1 N–H and O–H groups in total. The van der Waals surface area contributed by atoms with Crippen molar-refractivity contribution >= 4 is 0 Å². The monoisotopic (exact) mass is 201 g/mol. The van der Waals surface area contributed by atoms with E-state index in [2.05, 4.69) is 27.8 Å². The van der Waals surface area contributed by atoms with Crippen molar-refractivity contribution < 1.29 is 9.96 Å². The summed E-state index contributed by atoms with van der Waals surface area (Å²) in [4.78, 5) is 0. The quantitative estimate of drug-likeness (QED) is 0.643. The van der Waals surface area contributed by atoms with Gasteiger partial charge >= 0.3 is 0 Å². The summed E-state index contributed by atoms with van der Waals surface area (Å²) in [5.74, 6) is 2.00. The fourth-order valence-corrected chi connectivity index (χ4v) is 3.15. The van der Waals surface area contributed by atoms with Gasteiger partial charge in [-0.3, -0.25) is 0 Å². The van der Waals surface area contributed by atoms with E-state index >= 15 is 0 Å². The lowest BCUT2D eigenvalue weighted by Gasteiger charge is -2.29. The third kappa shape index (κ3) is 2.96. The molecule has 2 atom stereocenters. The zero-order valence-corrected chi connectivity index (χ0v) is 10.3. The molecule has 1 saturated heterocycles. The van der Waals surface area contributed by atoms with Gasteiger partial charge < -0.3 is 9.96 Å². The van der Waals surface area contributed by atoms with Gasteiger partial charge in [-0.05, 0) is 19.3 Å². The Balaban J connectivity index is 0.00000169. The van der Waals surface area contributed by atoms with Crippen LogP contribution in [0.15, 0.2) is 0 Å². The van der Waals surface area contributed by atoms with Crippen LogP contribution in [0.3, 0.4) is 0 Å². The minimum absolute atomic E-state index is 0. The molecule has 0 bridgehead atoms. The molecule has 86 valence electrons. The van der Waals surface area contributed by atoms with E-state index in [-0.39, 0.29) is 5.48 Å². The fraction of sp³-hybridized carbons (Fsp3) is 1.00. The Bertz CT molecular complexity index is 146. The van der Waals surface area contributed by atoms with E-state index in [1.165, 1.54) is 43.4 Å². The van der Waals surface area contributed by atoms with Gasteiger partial charge in [0.05, 0.1) is 26.7 Å². The van der Waals surface area contributed by atoms with Gasteiger partial charge in [-0.1, -0.05) is 20.8 Å². The topological polar surface area (TPSA) is 30.0 Å². The molecule has 0 saturated carbocycles. The molecule has 0 aromatic rings. The van der Waals surface area contributed by atoms with E-state index in [9.17, 15) is 0 Å². The van der Waals surface area contributed by atoms with Crippen LogP contribution in [0.4, 0.5) is 0 Å². The maximum atomic E-state index is 2.45. The van der Waals surface area contributed by atoms with E-state index < -0.39 is 0 Å². The van der Waals surface area contributed by atoms with Gasteiger partial charge in [0.2, 0.25) is 0 Å². The second-order valence-corrected chi connectivity index (χ2v) is 5.04. The smallest absolute Gasteiger partial charge is 0.0818 e. The molecule has 1 rings (SSSR count). The van der Waals surface area contributed by atoms with Crippen LogP contribution in [0, 0.1) is 11.8 Å².